The Hall–Kier alpha value is -1.09. The zero-order chi connectivity index (χ0) is 16.2. The first-order chi connectivity index (χ1) is 7.46. The molecule has 0 fully saturated rings. The monoisotopic (exact) mass is 344 g/mol. The van der Waals surface area contributed by atoms with Crippen molar-refractivity contribution in [1.82, 2.24) is 0 Å². The number of rotatable bonds is 0. The molecule has 112 valence electrons. The van der Waals surface area contributed by atoms with E-state index < -0.39 is 31.0 Å². The average Bonchev–Trinajstić information content (AvgIpc) is 1.70. The number of hydrogen-bond acceptors (Lipinski definition) is 10. The molecular weight excluding hydrogens is 340 g/mol. The minimum Gasteiger partial charge on any atom is -0.356 e. The van der Waals surface area contributed by atoms with Crippen LogP contribution in [-0.4, -0.2) is 68.3 Å². The number of hydrogen-bond donors (Lipinski definition) is 4. The molecule has 0 saturated carbocycles. The van der Waals surface area contributed by atoms with Crippen molar-refractivity contribution in [1.29, 1.82) is 0 Å². The molecule has 0 bridgehead atoms. The summed E-state index contributed by atoms with van der Waals surface area (Å²) in [4.78, 5) is 16.5. The van der Waals surface area contributed by atoms with Gasteiger partial charge in [-0.15, -0.1) is 0 Å². The van der Waals surface area contributed by atoms with E-state index >= 15 is 0 Å². The summed E-state index contributed by atoms with van der Waals surface area (Å²) in [5, 5.41) is 29.5. The fourth-order valence-corrected chi connectivity index (χ4v) is 0. The summed E-state index contributed by atoms with van der Waals surface area (Å²) in [5.41, 5.74) is 0. The Morgan fingerprint density at radius 1 is 0.632 bits per heavy atom. The van der Waals surface area contributed by atoms with Crippen molar-refractivity contribution in [3.05, 3.63) is 30.6 Å². The second-order valence-electron chi connectivity index (χ2n) is 1.34. The van der Waals surface area contributed by atoms with Gasteiger partial charge in [0.25, 0.3) is 0 Å². The van der Waals surface area contributed by atoms with Crippen LogP contribution in [0.15, 0.2) is 0 Å². The molecule has 0 unspecified atom stereocenters. The predicted octanol–water partition coefficient (Wildman–Crippen LogP) is -2.16. The van der Waals surface area contributed by atoms with Crippen LogP contribution in [0, 0.1) is 30.6 Å². The standard InChI is InChI=1S/Mg.2NO3.2H2O4S/c;2*2-1(3)4;2*1-5(2,3)4/h;;;2*(H2,1,2,3,4)/q+2;2*-1;;. The Kier molecular flexibility index (Phi) is 24.2. The number of nitrogens with zero attached hydrogens (tertiary/aromatic N) is 2. The van der Waals surface area contributed by atoms with Crippen LogP contribution in [0.1, 0.15) is 0 Å². The third-order valence-electron chi connectivity index (χ3n) is 0. The summed E-state index contributed by atoms with van der Waals surface area (Å²) >= 11 is 0. The Balaban J connectivity index is -0.0000000453. The van der Waals surface area contributed by atoms with Crippen molar-refractivity contribution < 1.29 is 45.2 Å². The van der Waals surface area contributed by atoms with E-state index in [0.29, 0.717) is 0 Å². The van der Waals surface area contributed by atoms with E-state index in [1.165, 1.54) is 0 Å². The quantitative estimate of drug-likeness (QED) is 0.157. The summed E-state index contributed by atoms with van der Waals surface area (Å²) in [7, 11) is -9.33. The first-order valence-corrected chi connectivity index (χ1v) is 5.29. The molecule has 0 heterocycles. The van der Waals surface area contributed by atoms with Crippen molar-refractivity contribution in [2.45, 2.75) is 0 Å². The van der Waals surface area contributed by atoms with Gasteiger partial charge < -0.3 is 30.6 Å². The molecule has 0 aromatic rings. The predicted molar refractivity (Wildman–Crippen MR) is 54.8 cm³/mol. The molecule has 0 aromatic heterocycles. The maximum absolute atomic E-state index is 8.74. The fraction of sp³-hybridized carbons (Fsp3) is 0. The molecule has 4 N–H and O–H groups in total. The molecule has 0 aliphatic carbocycles. The maximum Gasteiger partial charge on any atom is 2.00 e. The van der Waals surface area contributed by atoms with Gasteiger partial charge in [0.1, 0.15) is 0 Å². The molecular formula is H4MgN2O14S2. The van der Waals surface area contributed by atoms with Crippen LogP contribution in [0.3, 0.4) is 0 Å². The molecule has 0 amide bonds. The Bertz CT molecular complexity index is 350. The summed E-state index contributed by atoms with van der Waals surface area (Å²) in [6.07, 6.45) is 0. The summed E-state index contributed by atoms with van der Waals surface area (Å²) < 4.78 is 63.2. The largest absolute Gasteiger partial charge is 2.00 e. The van der Waals surface area contributed by atoms with Crippen molar-refractivity contribution in [3.63, 3.8) is 0 Å². The summed E-state index contributed by atoms with van der Waals surface area (Å²) in [6.45, 7) is 0. The van der Waals surface area contributed by atoms with Crippen molar-refractivity contribution in [3.8, 4) is 0 Å². The third-order valence-corrected chi connectivity index (χ3v) is 0. The first-order valence-electron chi connectivity index (χ1n) is 2.49. The summed E-state index contributed by atoms with van der Waals surface area (Å²) in [6, 6.07) is 0. The zero-order valence-electron chi connectivity index (χ0n) is 8.29. The zero-order valence-corrected chi connectivity index (χ0v) is 11.3. The van der Waals surface area contributed by atoms with E-state index in [1.54, 1.807) is 0 Å². The van der Waals surface area contributed by atoms with Gasteiger partial charge in [0, 0.05) is 0 Å². The maximum atomic E-state index is 8.74. The fourth-order valence-electron chi connectivity index (χ4n) is 0. The minimum absolute atomic E-state index is 0. The van der Waals surface area contributed by atoms with Crippen LogP contribution >= 0.6 is 0 Å². The van der Waals surface area contributed by atoms with Crippen LogP contribution in [0.4, 0.5) is 0 Å². The van der Waals surface area contributed by atoms with Gasteiger partial charge in [-0.2, -0.15) is 16.8 Å². The molecule has 19 heteroatoms. The van der Waals surface area contributed by atoms with Crippen LogP contribution < -0.4 is 0 Å². The third kappa shape index (κ3) is 3140. The molecule has 0 spiro atoms. The van der Waals surface area contributed by atoms with Gasteiger partial charge in [-0.3, -0.25) is 18.2 Å². The summed E-state index contributed by atoms with van der Waals surface area (Å²) in [5.74, 6) is 0. The Morgan fingerprint density at radius 3 is 0.632 bits per heavy atom. The van der Waals surface area contributed by atoms with E-state index in [1.807, 2.05) is 0 Å². The Morgan fingerprint density at radius 2 is 0.632 bits per heavy atom. The second-order valence-corrected chi connectivity index (χ2v) is 3.13. The van der Waals surface area contributed by atoms with Gasteiger partial charge in [0.05, 0.1) is 10.2 Å². The smallest absolute Gasteiger partial charge is 0.356 e. The molecule has 0 aliphatic heterocycles. The van der Waals surface area contributed by atoms with Crippen LogP contribution in [0.25, 0.3) is 0 Å². The molecule has 0 aliphatic rings. The molecule has 0 saturated heterocycles. The topological polar surface area (TPSA) is 282 Å². The van der Waals surface area contributed by atoms with Crippen LogP contribution in [0.5, 0.6) is 0 Å². The van der Waals surface area contributed by atoms with E-state index in [0.717, 1.165) is 0 Å². The van der Waals surface area contributed by atoms with E-state index in [-0.39, 0.29) is 23.1 Å². The van der Waals surface area contributed by atoms with Gasteiger partial charge >= 0.3 is 43.9 Å². The van der Waals surface area contributed by atoms with Gasteiger partial charge in [0.15, 0.2) is 0 Å². The normalized spacial score (nSPS) is 8.63. The van der Waals surface area contributed by atoms with Gasteiger partial charge in [-0.25, -0.2) is 0 Å². The van der Waals surface area contributed by atoms with E-state index in [9.17, 15) is 0 Å². The molecule has 16 nitrogen and oxygen atoms in total. The SMILES string of the molecule is O=S(=O)(O)O.O=S(=O)(O)O.O=[N+]([O-])[O-].O=[N+]([O-])[O-].[Mg+2]. The molecule has 0 radical (unpaired) electrons. The van der Waals surface area contributed by atoms with Crippen molar-refractivity contribution in [2.24, 2.45) is 0 Å². The average molecular weight is 344 g/mol. The second kappa shape index (κ2) is 15.0. The molecule has 0 rings (SSSR count). The van der Waals surface area contributed by atoms with Gasteiger partial charge in [-0.05, 0) is 0 Å². The van der Waals surface area contributed by atoms with E-state index in [4.69, 9.17) is 65.7 Å². The Labute approximate surface area is 120 Å². The molecule has 0 atom stereocenters. The first kappa shape index (κ1) is 30.7. The molecule has 19 heavy (non-hydrogen) atoms. The van der Waals surface area contributed by atoms with Crippen molar-refractivity contribution >= 4 is 43.9 Å². The van der Waals surface area contributed by atoms with Crippen LogP contribution in [0.2, 0.25) is 0 Å². The molecule has 0 aromatic carbocycles. The van der Waals surface area contributed by atoms with Crippen LogP contribution in [-0.2, 0) is 20.8 Å². The van der Waals surface area contributed by atoms with Crippen molar-refractivity contribution in [2.75, 3.05) is 0 Å². The van der Waals surface area contributed by atoms with Gasteiger partial charge in [0.2, 0.25) is 0 Å². The van der Waals surface area contributed by atoms with Gasteiger partial charge in [-0.1, -0.05) is 0 Å². The van der Waals surface area contributed by atoms with E-state index in [2.05, 4.69) is 0 Å². The minimum atomic E-state index is -4.67.